The lowest BCUT2D eigenvalue weighted by Gasteiger charge is -2.33. The molecule has 1 heterocycles. The van der Waals surface area contributed by atoms with Gasteiger partial charge in [0.2, 0.25) is 5.91 Å². The largest absolute Gasteiger partial charge is 0.494 e. The summed E-state index contributed by atoms with van der Waals surface area (Å²) in [5.41, 5.74) is 1.06. The van der Waals surface area contributed by atoms with Crippen molar-refractivity contribution in [3.8, 4) is 5.75 Å². The standard InChI is InChI=1S/C18H25NO4/c1-2-13-23-15-9-6-14(7-10-15)8-11-17(20)19-12-4-3-5-16(19)18(21)22/h6-7,9-10,16H,2-5,8,11-13H2,1H3,(H,21,22). The highest BCUT2D eigenvalue weighted by molar-refractivity contribution is 5.84. The number of carboxylic acid groups (broad SMARTS) is 1. The maximum atomic E-state index is 12.3. The van der Waals surface area contributed by atoms with Crippen LogP contribution in [0.2, 0.25) is 0 Å². The summed E-state index contributed by atoms with van der Waals surface area (Å²) in [6, 6.07) is 7.10. The summed E-state index contributed by atoms with van der Waals surface area (Å²) in [5, 5.41) is 9.24. The number of carbonyl (C=O) groups is 2. The van der Waals surface area contributed by atoms with Crippen molar-refractivity contribution in [2.45, 2.75) is 51.5 Å². The maximum absolute atomic E-state index is 12.3. The fourth-order valence-corrected chi connectivity index (χ4v) is 2.85. The van der Waals surface area contributed by atoms with Gasteiger partial charge in [0, 0.05) is 13.0 Å². The fourth-order valence-electron chi connectivity index (χ4n) is 2.85. The van der Waals surface area contributed by atoms with Gasteiger partial charge in [0.1, 0.15) is 11.8 Å². The van der Waals surface area contributed by atoms with Crippen LogP contribution >= 0.6 is 0 Å². The summed E-state index contributed by atoms with van der Waals surface area (Å²) in [5.74, 6) is -0.122. The van der Waals surface area contributed by atoms with Crippen molar-refractivity contribution in [1.29, 1.82) is 0 Å². The normalized spacial score (nSPS) is 17.8. The molecule has 0 aliphatic carbocycles. The van der Waals surface area contributed by atoms with E-state index in [-0.39, 0.29) is 5.91 Å². The number of ether oxygens (including phenoxy) is 1. The Morgan fingerprint density at radius 3 is 2.65 bits per heavy atom. The monoisotopic (exact) mass is 319 g/mol. The number of carboxylic acids is 1. The molecule has 1 aliphatic heterocycles. The Bertz CT molecular complexity index is 526. The molecular formula is C18H25NO4. The van der Waals surface area contributed by atoms with Crippen LogP contribution in [-0.2, 0) is 16.0 Å². The lowest BCUT2D eigenvalue weighted by molar-refractivity contribution is -0.152. The fraction of sp³-hybridized carbons (Fsp3) is 0.556. The third kappa shape index (κ3) is 4.98. The van der Waals surface area contributed by atoms with Crippen LogP contribution in [0, 0.1) is 0 Å². The predicted molar refractivity (Wildman–Crippen MR) is 87.5 cm³/mol. The Morgan fingerprint density at radius 2 is 2.00 bits per heavy atom. The van der Waals surface area contributed by atoms with Crippen LogP contribution in [0.25, 0.3) is 0 Å². The number of aliphatic carboxylic acids is 1. The zero-order valence-corrected chi connectivity index (χ0v) is 13.7. The van der Waals surface area contributed by atoms with Gasteiger partial charge >= 0.3 is 5.97 Å². The molecule has 0 aromatic heterocycles. The van der Waals surface area contributed by atoms with Crippen LogP contribution < -0.4 is 4.74 Å². The number of likely N-dealkylation sites (tertiary alicyclic amines) is 1. The molecule has 1 unspecified atom stereocenters. The quantitative estimate of drug-likeness (QED) is 0.839. The van der Waals surface area contributed by atoms with E-state index >= 15 is 0 Å². The zero-order valence-electron chi connectivity index (χ0n) is 13.7. The van der Waals surface area contributed by atoms with E-state index in [1.54, 1.807) is 0 Å². The number of rotatable bonds is 7. The maximum Gasteiger partial charge on any atom is 0.326 e. The number of carbonyl (C=O) groups excluding carboxylic acids is 1. The van der Waals surface area contributed by atoms with Gasteiger partial charge in [0.15, 0.2) is 0 Å². The van der Waals surface area contributed by atoms with Crippen molar-refractivity contribution in [3.05, 3.63) is 29.8 Å². The molecule has 1 atom stereocenters. The van der Waals surface area contributed by atoms with Crippen molar-refractivity contribution in [2.24, 2.45) is 0 Å². The highest BCUT2D eigenvalue weighted by atomic mass is 16.5. The van der Waals surface area contributed by atoms with Crippen LogP contribution in [0.1, 0.15) is 44.6 Å². The van der Waals surface area contributed by atoms with Gasteiger partial charge in [-0.2, -0.15) is 0 Å². The minimum atomic E-state index is -0.893. The molecule has 0 bridgehead atoms. The first kappa shape index (κ1) is 17.3. The van der Waals surface area contributed by atoms with Crippen molar-refractivity contribution in [3.63, 3.8) is 0 Å². The topological polar surface area (TPSA) is 66.8 Å². The number of piperidine rings is 1. The summed E-state index contributed by atoms with van der Waals surface area (Å²) in [6.45, 7) is 3.31. The second-order valence-corrected chi connectivity index (χ2v) is 5.93. The first-order valence-corrected chi connectivity index (χ1v) is 8.36. The van der Waals surface area contributed by atoms with Gasteiger partial charge in [-0.1, -0.05) is 19.1 Å². The Morgan fingerprint density at radius 1 is 1.26 bits per heavy atom. The summed E-state index contributed by atoms with van der Waals surface area (Å²) in [7, 11) is 0. The van der Waals surface area contributed by atoms with E-state index in [1.807, 2.05) is 24.3 Å². The molecule has 5 nitrogen and oxygen atoms in total. The number of nitrogens with zero attached hydrogens (tertiary/aromatic N) is 1. The van der Waals surface area contributed by atoms with E-state index < -0.39 is 12.0 Å². The van der Waals surface area contributed by atoms with Crippen molar-refractivity contribution in [2.75, 3.05) is 13.2 Å². The Balaban J connectivity index is 1.86. The van der Waals surface area contributed by atoms with E-state index in [2.05, 4.69) is 6.92 Å². The molecule has 1 saturated heterocycles. The molecule has 23 heavy (non-hydrogen) atoms. The number of benzene rings is 1. The molecule has 2 rings (SSSR count). The van der Waals surface area contributed by atoms with Crippen molar-refractivity contribution >= 4 is 11.9 Å². The van der Waals surface area contributed by atoms with Crippen LogP contribution in [0.5, 0.6) is 5.75 Å². The first-order chi connectivity index (χ1) is 11.1. The summed E-state index contributed by atoms with van der Waals surface area (Å²) in [4.78, 5) is 25.1. The van der Waals surface area contributed by atoms with Gasteiger partial charge in [-0.05, 0) is 49.8 Å². The minimum absolute atomic E-state index is 0.0663. The smallest absolute Gasteiger partial charge is 0.326 e. The minimum Gasteiger partial charge on any atom is -0.494 e. The molecule has 1 amide bonds. The second-order valence-electron chi connectivity index (χ2n) is 5.93. The molecule has 0 radical (unpaired) electrons. The summed E-state index contributed by atoms with van der Waals surface area (Å²) in [6.07, 6.45) is 4.26. The van der Waals surface area contributed by atoms with Gasteiger partial charge in [0.05, 0.1) is 6.61 Å². The van der Waals surface area contributed by atoms with E-state index in [9.17, 15) is 14.7 Å². The van der Waals surface area contributed by atoms with Gasteiger partial charge in [-0.15, -0.1) is 0 Å². The molecule has 0 saturated carbocycles. The highest BCUT2D eigenvalue weighted by Gasteiger charge is 2.31. The second kappa shape index (κ2) is 8.56. The van der Waals surface area contributed by atoms with E-state index in [0.29, 0.717) is 32.4 Å². The van der Waals surface area contributed by atoms with Crippen LogP contribution in [0.3, 0.4) is 0 Å². The average Bonchev–Trinajstić information content (AvgIpc) is 2.58. The molecule has 1 aliphatic rings. The average molecular weight is 319 g/mol. The van der Waals surface area contributed by atoms with E-state index in [0.717, 1.165) is 30.6 Å². The Labute approximate surface area is 137 Å². The number of aryl methyl sites for hydroxylation is 1. The molecule has 1 aromatic rings. The highest BCUT2D eigenvalue weighted by Crippen LogP contribution is 2.19. The first-order valence-electron chi connectivity index (χ1n) is 8.36. The summed E-state index contributed by atoms with van der Waals surface area (Å²) >= 11 is 0. The Hall–Kier alpha value is -2.04. The van der Waals surface area contributed by atoms with Gasteiger partial charge in [-0.3, -0.25) is 4.79 Å². The van der Waals surface area contributed by atoms with Gasteiger partial charge < -0.3 is 14.7 Å². The number of hydrogen-bond acceptors (Lipinski definition) is 3. The van der Waals surface area contributed by atoms with E-state index in [4.69, 9.17) is 4.74 Å². The lowest BCUT2D eigenvalue weighted by Crippen LogP contribution is -2.48. The molecule has 1 fully saturated rings. The Kier molecular flexibility index (Phi) is 6.44. The summed E-state index contributed by atoms with van der Waals surface area (Å²) < 4.78 is 5.53. The number of hydrogen-bond donors (Lipinski definition) is 1. The molecule has 0 spiro atoms. The van der Waals surface area contributed by atoms with Crippen molar-refractivity contribution in [1.82, 2.24) is 4.90 Å². The third-order valence-electron chi connectivity index (χ3n) is 4.13. The van der Waals surface area contributed by atoms with Crippen molar-refractivity contribution < 1.29 is 19.4 Å². The van der Waals surface area contributed by atoms with Gasteiger partial charge in [-0.25, -0.2) is 4.79 Å². The van der Waals surface area contributed by atoms with Crippen LogP contribution in [0.4, 0.5) is 0 Å². The lowest BCUT2D eigenvalue weighted by atomic mass is 10.0. The number of amides is 1. The zero-order chi connectivity index (χ0) is 16.7. The third-order valence-corrected chi connectivity index (χ3v) is 4.13. The van der Waals surface area contributed by atoms with Crippen LogP contribution in [0.15, 0.2) is 24.3 Å². The van der Waals surface area contributed by atoms with E-state index in [1.165, 1.54) is 4.90 Å². The predicted octanol–water partition coefficient (Wildman–Crippen LogP) is 2.87. The molecule has 5 heteroatoms. The molecule has 126 valence electrons. The van der Waals surface area contributed by atoms with Crippen LogP contribution in [-0.4, -0.2) is 41.1 Å². The van der Waals surface area contributed by atoms with Gasteiger partial charge in [0.25, 0.3) is 0 Å². The molecule has 1 N–H and O–H groups in total. The SMILES string of the molecule is CCCOc1ccc(CCC(=O)N2CCCCC2C(=O)O)cc1. The molecular weight excluding hydrogens is 294 g/mol. The molecule has 1 aromatic carbocycles.